The minimum atomic E-state index is 0.103. The van der Waals surface area contributed by atoms with Gasteiger partial charge in [0.05, 0.1) is 6.61 Å². The number of thiophene rings is 1. The molecule has 2 heterocycles. The fourth-order valence-corrected chi connectivity index (χ4v) is 2.72. The second-order valence-electron chi connectivity index (χ2n) is 4.13. The first kappa shape index (κ1) is 10.6. The Morgan fingerprint density at radius 3 is 2.82 bits per heavy atom. The van der Waals surface area contributed by atoms with Crippen LogP contribution in [0.4, 0.5) is 0 Å². The van der Waals surface area contributed by atoms with Crippen molar-refractivity contribution in [1.29, 1.82) is 0 Å². The largest absolute Gasteiger partial charge is 0.392 e. The third-order valence-electron chi connectivity index (χ3n) is 2.95. The van der Waals surface area contributed by atoms with E-state index in [0.29, 0.717) is 0 Å². The number of rotatable bonds is 3. The van der Waals surface area contributed by atoms with Crippen molar-refractivity contribution >= 4 is 22.2 Å². The molecule has 0 atom stereocenters. The van der Waals surface area contributed by atoms with Gasteiger partial charge in [-0.25, -0.2) is 0 Å². The molecule has 0 fully saturated rings. The summed E-state index contributed by atoms with van der Waals surface area (Å²) in [6, 6.07) is 10.3. The molecule has 1 aromatic carbocycles. The van der Waals surface area contributed by atoms with E-state index in [1.807, 2.05) is 12.1 Å². The maximum Gasteiger partial charge on any atom is 0.0682 e. The lowest BCUT2D eigenvalue weighted by Crippen LogP contribution is -1.96. The highest BCUT2D eigenvalue weighted by Crippen LogP contribution is 2.19. The van der Waals surface area contributed by atoms with Crippen LogP contribution in [-0.4, -0.2) is 9.67 Å². The van der Waals surface area contributed by atoms with E-state index >= 15 is 0 Å². The molecule has 0 saturated heterocycles. The molecule has 3 rings (SSSR count). The summed E-state index contributed by atoms with van der Waals surface area (Å²) in [4.78, 5) is 0. The van der Waals surface area contributed by atoms with Gasteiger partial charge >= 0.3 is 0 Å². The Morgan fingerprint density at radius 1 is 1.12 bits per heavy atom. The lowest BCUT2D eigenvalue weighted by molar-refractivity contribution is 0.282. The molecule has 0 spiro atoms. The Kier molecular flexibility index (Phi) is 2.71. The number of aliphatic hydroxyl groups excluding tert-OH is 1. The number of fused-ring (bicyclic) bond motifs is 1. The van der Waals surface area contributed by atoms with Gasteiger partial charge in [0.15, 0.2) is 0 Å². The van der Waals surface area contributed by atoms with Crippen molar-refractivity contribution in [2.75, 3.05) is 0 Å². The summed E-state index contributed by atoms with van der Waals surface area (Å²) in [6.45, 7) is 1.01. The van der Waals surface area contributed by atoms with Gasteiger partial charge in [0.1, 0.15) is 0 Å². The Hall–Kier alpha value is -1.58. The van der Waals surface area contributed by atoms with Crippen LogP contribution in [0.25, 0.3) is 10.9 Å². The first-order valence-electron chi connectivity index (χ1n) is 5.56. The number of hydrogen-bond donors (Lipinski definition) is 1. The molecule has 0 amide bonds. The molecule has 2 aromatic heterocycles. The van der Waals surface area contributed by atoms with E-state index in [0.717, 1.165) is 12.1 Å². The van der Waals surface area contributed by atoms with E-state index in [2.05, 4.69) is 39.7 Å². The summed E-state index contributed by atoms with van der Waals surface area (Å²) in [5.74, 6) is 0. The molecule has 3 heteroatoms. The highest BCUT2D eigenvalue weighted by atomic mass is 32.1. The molecule has 1 N–H and O–H groups in total. The molecule has 0 aliphatic carbocycles. The van der Waals surface area contributed by atoms with Crippen molar-refractivity contribution < 1.29 is 5.11 Å². The van der Waals surface area contributed by atoms with Gasteiger partial charge in [0.25, 0.3) is 0 Å². The van der Waals surface area contributed by atoms with Gasteiger partial charge in [-0.05, 0) is 51.5 Å². The number of aromatic nitrogens is 1. The molecule has 0 aliphatic heterocycles. The molecule has 3 aromatic rings. The van der Waals surface area contributed by atoms with Crippen LogP contribution in [0.1, 0.15) is 11.1 Å². The highest BCUT2D eigenvalue weighted by molar-refractivity contribution is 7.07. The van der Waals surface area contributed by atoms with Crippen LogP contribution < -0.4 is 0 Å². The molecule has 0 bridgehead atoms. The summed E-state index contributed by atoms with van der Waals surface area (Å²) in [7, 11) is 0. The van der Waals surface area contributed by atoms with E-state index in [1.165, 1.54) is 16.5 Å². The van der Waals surface area contributed by atoms with Crippen LogP contribution in [-0.2, 0) is 13.2 Å². The average Bonchev–Trinajstić information content (AvgIpc) is 2.99. The van der Waals surface area contributed by atoms with Crippen LogP contribution in [0.2, 0.25) is 0 Å². The number of benzene rings is 1. The van der Waals surface area contributed by atoms with Gasteiger partial charge in [-0.2, -0.15) is 11.3 Å². The van der Waals surface area contributed by atoms with Crippen molar-refractivity contribution in [3.63, 3.8) is 0 Å². The van der Waals surface area contributed by atoms with Crippen molar-refractivity contribution in [3.05, 3.63) is 58.4 Å². The predicted molar refractivity (Wildman–Crippen MR) is 71.3 cm³/mol. The zero-order chi connectivity index (χ0) is 11.7. The smallest absolute Gasteiger partial charge is 0.0682 e. The van der Waals surface area contributed by atoms with Gasteiger partial charge < -0.3 is 9.67 Å². The van der Waals surface area contributed by atoms with E-state index < -0.39 is 0 Å². The van der Waals surface area contributed by atoms with E-state index in [1.54, 1.807) is 11.3 Å². The maximum atomic E-state index is 9.11. The topological polar surface area (TPSA) is 25.2 Å². The van der Waals surface area contributed by atoms with Gasteiger partial charge in [0, 0.05) is 18.3 Å². The van der Waals surface area contributed by atoms with Gasteiger partial charge in [-0.15, -0.1) is 0 Å². The minimum absolute atomic E-state index is 0.103. The average molecular weight is 243 g/mol. The second-order valence-corrected chi connectivity index (χ2v) is 4.91. The van der Waals surface area contributed by atoms with Crippen molar-refractivity contribution in [3.8, 4) is 0 Å². The van der Waals surface area contributed by atoms with Crippen molar-refractivity contribution in [1.82, 2.24) is 4.57 Å². The SMILES string of the molecule is OCc1ccc2c(ccn2Cc2ccsc2)c1. The van der Waals surface area contributed by atoms with E-state index in [9.17, 15) is 0 Å². The predicted octanol–water partition coefficient (Wildman–Crippen LogP) is 3.24. The van der Waals surface area contributed by atoms with Crippen LogP contribution in [0.3, 0.4) is 0 Å². The third kappa shape index (κ3) is 1.99. The summed E-state index contributed by atoms with van der Waals surface area (Å²) in [6.07, 6.45) is 2.10. The van der Waals surface area contributed by atoms with Crippen LogP contribution in [0.5, 0.6) is 0 Å². The Balaban J connectivity index is 2.00. The summed E-state index contributed by atoms with van der Waals surface area (Å²) >= 11 is 1.73. The van der Waals surface area contributed by atoms with Gasteiger partial charge in [-0.1, -0.05) is 6.07 Å². The van der Waals surface area contributed by atoms with Crippen LogP contribution in [0.15, 0.2) is 47.3 Å². The Morgan fingerprint density at radius 2 is 2.06 bits per heavy atom. The van der Waals surface area contributed by atoms with Gasteiger partial charge in [-0.3, -0.25) is 0 Å². The Labute approximate surface area is 104 Å². The normalized spacial score (nSPS) is 11.1. The summed E-state index contributed by atoms with van der Waals surface area (Å²) in [5, 5.41) is 14.6. The second kappa shape index (κ2) is 4.35. The van der Waals surface area contributed by atoms with E-state index in [4.69, 9.17) is 5.11 Å². The maximum absolute atomic E-state index is 9.11. The molecule has 86 valence electrons. The fraction of sp³-hybridized carbons (Fsp3) is 0.143. The lowest BCUT2D eigenvalue weighted by atomic mass is 10.2. The summed E-state index contributed by atoms with van der Waals surface area (Å²) in [5.41, 5.74) is 3.51. The zero-order valence-electron chi connectivity index (χ0n) is 9.34. The molecule has 17 heavy (non-hydrogen) atoms. The van der Waals surface area contributed by atoms with Crippen molar-refractivity contribution in [2.24, 2.45) is 0 Å². The molecule has 0 radical (unpaired) electrons. The number of nitrogens with zero attached hydrogens (tertiary/aromatic N) is 1. The molecular weight excluding hydrogens is 230 g/mol. The number of aliphatic hydroxyl groups is 1. The van der Waals surface area contributed by atoms with Crippen LogP contribution in [0, 0.1) is 0 Å². The molecule has 2 nitrogen and oxygen atoms in total. The molecular formula is C14H13NOS. The monoisotopic (exact) mass is 243 g/mol. The Bertz CT molecular complexity index is 625. The minimum Gasteiger partial charge on any atom is -0.392 e. The quantitative estimate of drug-likeness (QED) is 0.750. The molecule has 0 aliphatic rings. The molecule has 0 saturated carbocycles. The van der Waals surface area contributed by atoms with E-state index in [-0.39, 0.29) is 6.61 Å². The van der Waals surface area contributed by atoms with Crippen molar-refractivity contribution in [2.45, 2.75) is 13.2 Å². The van der Waals surface area contributed by atoms with Gasteiger partial charge in [0.2, 0.25) is 0 Å². The first-order chi connectivity index (χ1) is 8.36. The zero-order valence-corrected chi connectivity index (χ0v) is 10.2. The standard InChI is InChI=1S/C14H13NOS/c16-9-11-1-2-14-13(7-11)3-5-15(14)8-12-4-6-17-10-12/h1-7,10,16H,8-9H2. The van der Waals surface area contributed by atoms with Crippen LogP contribution >= 0.6 is 11.3 Å². The number of hydrogen-bond acceptors (Lipinski definition) is 2. The lowest BCUT2D eigenvalue weighted by Gasteiger charge is -2.04. The third-order valence-corrected chi connectivity index (χ3v) is 3.68. The first-order valence-corrected chi connectivity index (χ1v) is 6.51. The molecule has 0 unspecified atom stereocenters. The summed E-state index contributed by atoms with van der Waals surface area (Å²) < 4.78 is 2.23. The highest BCUT2D eigenvalue weighted by Gasteiger charge is 2.03. The fourth-order valence-electron chi connectivity index (χ4n) is 2.07.